The van der Waals surface area contributed by atoms with Crippen LogP contribution >= 0.6 is 0 Å². The summed E-state index contributed by atoms with van der Waals surface area (Å²) in [6.45, 7) is 14.2. The molecule has 3 aliphatic heterocycles. The quantitative estimate of drug-likeness (QED) is 0.554. The number of fused-ring (bicyclic) bond motifs is 6. The van der Waals surface area contributed by atoms with E-state index in [4.69, 9.17) is 5.73 Å². The van der Waals surface area contributed by atoms with Crippen LogP contribution in [0.4, 0.5) is 0 Å². The molecule has 2 atom stereocenters. The number of allylic oxidation sites excluding steroid dienone is 5. The second-order valence-corrected chi connectivity index (χ2v) is 8.83. The Kier molecular flexibility index (Phi) is 9.85. The first-order valence-electron chi connectivity index (χ1n) is 12.2. The van der Waals surface area contributed by atoms with Gasteiger partial charge in [-0.05, 0) is 95.0 Å². The maximum absolute atomic E-state index is 6.57. The van der Waals surface area contributed by atoms with E-state index in [9.17, 15) is 0 Å². The van der Waals surface area contributed by atoms with Gasteiger partial charge in [0, 0.05) is 24.3 Å². The Morgan fingerprint density at radius 2 is 1.71 bits per heavy atom. The third-order valence-electron chi connectivity index (χ3n) is 7.29. The molecule has 1 aliphatic carbocycles. The standard InChI is InChI=1S/C24H40N2.C2H6/c1-4-7-20-13-9-18(3)26-17-6-8-23(25)24(26)16-12-19-10-14-21(15-11-19)22(20)5-2;1-2/h4,7,19,21,23-24H,3,5-6,8-17,25H2,1-2H3;1-2H3/b7-4-,22-20-;. The van der Waals surface area contributed by atoms with Crippen molar-refractivity contribution in [2.75, 3.05) is 6.54 Å². The highest BCUT2D eigenvalue weighted by Gasteiger charge is 2.32. The predicted octanol–water partition coefficient (Wildman–Crippen LogP) is 6.98. The van der Waals surface area contributed by atoms with Crippen LogP contribution in [-0.4, -0.2) is 23.5 Å². The largest absolute Gasteiger partial charge is 0.371 e. The van der Waals surface area contributed by atoms with Crippen LogP contribution in [0.1, 0.15) is 98.3 Å². The summed E-state index contributed by atoms with van der Waals surface area (Å²) in [5, 5.41) is 0. The molecule has 4 rings (SSSR count). The lowest BCUT2D eigenvalue weighted by Gasteiger charge is -2.43. The van der Waals surface area contributed by atoms with Gasteiger partial charge in [0.05, 0.1) is 0 Å². The molecule has 2 unspecified atom stereocenters. The molecule has 2 heteroatoms. The van der Waals surface area contributed by atoms with Crippen LogP contribution in [0, 0.1) is 11.8 Å². The van der Waals surface area contributed by atoms with Gasteiger partial charge in [-0.15, -0.1) is 0 Å². The van der Waals surface area contributed by atoms with Crippen LogP contribution in [0.5, 0.6) is 0 Å². The van der Waals surface area contributed by atoms with Gasteiger partial charge < -0.3 is 10.6 Å². The normalized spacial score (nSPS) is 34.8. The van der Waals surface area contributed by atoms with E-state index in [1.165, 1.54) is 63.5 Å². The Labute approximate surface area is 175 Å². The molecule has 1 saturated carbocycles. The van der Waals surface area contributed by atoms with Gasteiger partial charge in [0.25, 0.3) is 0 Å². The Morgan fingerprint density at radius 3 is 2.36 bits per heavy atom. The zero-order valence-electron chi connectivity index (χ0n) is 19.2. The topological polar surface area (TPSA) is 29.3 Å². The molecule has 0 aromatic carbocycles. The van der Waals surface area contributed by atoms with Crippen molar-refractivity contribution in [1.29, 1.82) is 0 Å². The maximum atomic E-state index is 6.57. The average molecular weight is 387 g/mol. The van der Waals surface area contributed by atoms with Gasteiger partial charge in [0.2, 0.25) is 0 Å². The monoisotopic (exact) mass is 386 g/mol. The molecule has 28 heavy (non-hydrogen) atoms. The Morgan fingerprint density at radius 1 is 1.04 bits per heavy atom. The summed E-state index contributed by atoms with van der Waals surface area (Å²) in [5.41, 5.74) is 11.2. The number of piperidine rings is 1. The lowest BCUT2D eigenvalue weighted by Crippen LogP contribution is -2.51. The first-order chi connectivity index (χ1) is 13.6. The summed E-state index contributed by atoms with van der Waals surface area (Å²) < 4.78 is 0. The predicted molar refractivity (Wildman–Crippen MR) is 124 cm³/mol. The third kappa shape index (κ3) is 5.75. The van der Waals surface area contributed by atoms with Crippen molar-refractivity contribution in [3.8, 4) is 0 Å². The molecule has 2 nitrogen and oxygen atoms in total. The van der Waals surface area contributed by atoms with Crippen molar-refractivity contribution < 1.29 is 0 Å². The second kappa shape index (κ2) is 11.9. The zero-order chi connectivity index (χ0) is 20.5. The molecule has 2 N–H and O–H groups in total. The van der Waals surface area contributed by atoms with Crippen molar-refractivity contribution in [3.63, 3.8) is 0 Å². The van der Waals surface area contributed by atoms with Crippen LogP contribution < -0.4 is 5.73 Å². The first-order valence-corrected chi connectivity index (χ1v) is 12.2. The maximum Gasteiger partial charge on any atom is 0.0437 e. The molecule has 2 bridgehead atoms. The van der Waals surface area contributed by atoms with E-state index in [-0.39, 0.29) is 0 Å². The third-order valence-corrected chi connectivity index (χ3v) is 7.29. The molecule has 0 aromatic heterocycles. The van der Waals surface area contributed by atoms with Crippen LogP contribution in [0.3, 0.4) is 0 Å². The lowest BCUT2D eigenvalue weighted by molar-refractivity contribution is 0.143. The highest BCUT2D eigenvalue weighted by atomic mass is 15.2. The average Bonchev–Trinajstić information content (AvgIpc) is 2.74. The molecule has 0 amide bonds. The number of hydrogen-bond acceptors (Lipinski definition) is 2. The van der Waals surface area contributed by atoms with Gasteiger partial charge >= 0.3 is 0 Å². The molecule has 160 valence electrons. The van der Waals surface area contributed by atoms with E-state index < -0.39 is 0 Å². The van der Waals surface area contributed by atoms with Crippen molar-refractivity contribution in [3.05, 3.63) is 35.6 Å². The van der Waals surface area contributed by atoms with Crippen LogP contribution in [-0.2, 0) is 0 Å². The molecule has 0 aromatic rings. The number of nitrogens with two attached hydrogens (primary N) is 1. The Hall–Kier alpha value is -1.02. The molecule has 3 heterocycles. The minimum atomic E-state index is 0.332. The van der Waals surface area contributed by atoms with Crippen LogP contribution in [0.15, 0.2) is 35.6 Å². The van der Waals surface area contributed by atoms with Gasteiger partial charge in [-0.2, -0.15) is 0 Å². The fourth-order valence-electron chi connectivity index (χ4n) is 5.81. The van der Waals surface area contributed by atoms with Gasteiger partial charge in [0.1, 0.15) is 0 Å². The highest BCUT2D eigenvalue weighted by molar-refractivity contribution is 5.28. The van der Waals surface area contributed by atoms with E-state index in [1.807, 2.05) is 13.8 Å². The van der Waals surface area contributed by atoms with Crippen molar-refractivity contribution in [1.82, 2.24) is 4.90 Å². The summed E-state index contributed by atoms with van der Waals surface area (Å²) in [6.07, 6.45) is 18.7. The van der Waals surface area contributed by atoms with E-state index in [1.54, 1.807) is 11.1 Å². The van der Waals surface area contributed by atoms with Gasteiger partial charge in [-0.1, -0.05) is 45.1 Å². The van der Waals surface area contributed by atoms with Crippen LogP contribution in [0.2, 0.25) is 0 Å². The van der Waals surface area contributed by atoms with Gasteiger partial charge in [0.15, 0.2) is 0 Å². The summed E-state index contributed by atoms with van der Waals surface area (Å²) >= 11 is 0. The Balaban J connectivity index is 0.00000136. The van der Waals surface area contributed by atoms with E-state index in [0.717, 1.165) is 31.2 Å². The number of rotatable bonds is 2. The zero-order valence-corrected chi connectivity index (χ0v) is 19.2. The minimum Gasteiger partial charge on any atom is -0.371 e. The number of hydrogen-bond donors (Lipinski definition) is 1. The molecule has 4 aliphatic rings. The summed E-state index contributed by atoms with van der Waals surface area (Å²) in [4.78, 5) is 2.59. The SMILES string of the molecule is C=C1CCC(/C=C\C)=C(/CC)C2CCC(CC2)CCC2C(N)CCCN12.CC. The second-order valence-electron chi connectivity index (χ2n) is 8.83. The fraction of sp³-hybridized carbons (Fsp3) is 0.769. The molecular formula is C26H46N2. The summed E-state index contributed by atoms with van der Waals surface area (Å²) in [7, 11) is 0. The van der Waals surface area contributed by atoms with E-state index >= 15 is 0 Å². The van der Waals surface area contributed by atoms with Gasteiger partial charge in [-0.3, -0.25) is 0 Å². The highest BCUT2D eigenvalue weighted by Crippen LogP contribution is 2.40. The van der Waals surface area contributed by atoms with E-state index in [2.05, 4.69) is 37.5 Å². The van der Waals surface area contributed by atoms with Crippen molar-refractivity contribution in [2.24, 2.45) is 17.6 Å². The molecule has 0 spiro atoms. The first kappa shape index (κ1) is 23.3. The smallest absolute Gasteiger partial charge is 0.0437 e. The van der Waals surface area contributed by atoms with Gasteiger partial charge in [-0.25, -0.2) is 0 Å². The molecular weight excluding hydrogens is 340 g/mol. The molecule has 0 radical (unpaired) electrons. The van der Waals surface area contributed by atoms with Crippen molar-refractivity contribution in [2.45, 2.75) is 110 Å². The molecule has 1 saturated heterocycles. The van der Waals surface area contributed by atoms with Crippen LogP contribution in [0.25, 0.3) is 0 Å². The lowest BCUT2D eigenvalue weighted by atomic mass is 9.74. The summed E-state index contributed by atoms with van der Waals surface area (Å²) in [6, 6.07) is 0.855. The Bertz CT molecular complexity index is 537. The molecule has 2 fully saturated rings. The minimum absolute atomic E-state index is 0.332. The summed E-state index contributed by atoms with van der Waals surface area (Å²) in [5.74, 6) is 1.74. The van der Waals surface area contributed by atoms with E-state index in [0.29, 0.717) is 12.1 Å². The number of nitrogens with zero attached hydrogens (tertiary/aromatic N) is 1. The van der Waals surface area contributed by atoms with Crippen molar-refractivity contribution >= 4 is 0 Å². The fourth-order valence-corrected chi connectivity index (χ4v) is 5.81.